The van der Waals surface area contributed by atoms with Gasteiger partial charge in [-0.25, -0.2) is 0 Å². The molecular formula is C105H98Br4Cl2FIN6O2. The number of rotatable bonds is 6. The van der Waals surface area contributed by atoms with E-state index in [1.165, 1.54) is 146 Å². The summed E-state index contributed by atoms with van der Waals surface area (Å²) in [6, 6.07) is 128. The van der Waals surface area contributed by atoms with Crippen LogP contribution in [0.15, 0.2) is 388 Å². The highest BCUT2D eigenvalue weighted by molar-refractivity contribution is 14.1. The van der Waals surface area contributed by atoms with Gasteiger partial charge in [0.2, 0.25) is 0 Å². The van der Waals surface area contributed by atoms with E-state index in [-0.39, 0.29) is 46.3 Å². The van der Waals surface area contributed by atoms with E-state index in [9.17, 15) is 9.18 Å². The minimum Gasteiger partial charge on any atom is -0.397 e. The van der Waals surface area contributed by atoms with Gasteiger partial charge in [-0.1, -0.05) is 309 Å². The monoisotopic (exact) mass is 2010 g/mol. The largest absolute Gasteiger partial charge is 0.397 e. The molecule has 8 nitrogen and oxygen atoms in total. The molecule has 0 fully saturated rings. The van der Waals surface area contributed by atoms with Crippen molar-refractivity contribution in [2.24, 2.45) is 5.84 Å². The van der Waals surface area contributed by atoms with E-state index in [0.717, 1.165) is 49.7 Å². The number of hydrazine groups is 1. The van der Waals surface area contributed by atoms with Crippen LogP contribution in [0.5, 0.6) is 0 Å². The van der Waals surface area contributed by atoms with Crippen molar-refractivity contribution >= 4 is 210 Å². The molecule has 16 heteroatoms. The molecule has 616 valence electrons. The van der Waals surface area contributed by atoms with Crippen molar-refractivity contribution in [3.05, 3.63) is 414 Å². The molecule has 0 aliphatic heterocycles. The minimum atomic E-state index is -1.00. The summed E-state index contributed by atoms with van der Waals surface area (Å²) in [4.78, 5) is 18.1. The van der Waals surface area contributed by atoms with E-state index in [2.05, 4.69) is 409 Å². The van der Waals surface area contributed by atoms with Crippen LogP contribution < -0.4 is 16.6 Å². The molecule has 7 N–H and O–H groups in total. The van der Waals surface area contributed by atoms with Crippen LogP contribution in [0.25, 0.3) is 115 Å². The lowest BCUT2D eigenvalue weighted by molar-refractivity contribution is -0.118. The molecule has 0 amide bonds. The second-order valence-electron chi connectivity index (χ2n) is 27.6. The highest BCUT2D eigenvalue weighted by atomic mass is 127. The number of fused-ring (bicyclic) bond motifs is 16. The quantitative estimate of drug-likeness (QED) is 0.0562. The van der Waals surface area contributed by atoms with Crippen molar-refractivity contribution in [3.8, 4) is 39.1 Å². The molecule has 0 spiro atoms. The first-order valence-electron chi connectivity index (χ1n) is 40.2. The van der Waals surface area contributed by atoms with Crippen molar-refractivity contribution in [2.75, 3.05) is 24.5 Å². The van der Waals surface area contributed by atoms with E-state index in [1.54, 1.807) is 6.92 Å². The van der Waals surface area contributed by atoms with Crippen LogP contribution in [0.2, 0.25) is 0 Å². The van der Waals surface area contributed by atoms with Crippen LogP contribution in [0.3, 0.4) is 0 Å². The normalized spacial score (nSPS) is 11.2. The Labute approximate surface area is 773 Å². The number of nitrogens with two attached hydrogens (primary N) is 1. The maximum absolute atomic E-state index is 11.1. The number of benzene rings is 16. The number of H-pyrrole nitrogens is 2. The first kappa shape index (κ1) is 91.3. The second kappa shape index (κ2) is 47.1. The van der Waals surface area contributed by atoms with E-state index in [4.69, 9.17) is 15.3 Å². The van der Waals surface area contributed by atoms with Crippen LogP contribution in [0.4, 0.5) is 21.5 Å². The van der Waals surface area contributed by atoms with E-state index >= 15 is 0 Å². The number of aromatic amines is 2. The third kappa shape index (κ3) is 24.2. The number of anilines is 3. The fraction of sp³-hybridized carbons (Fsp3) is 0.0952. The number of halogens is 8. The van der Waals surface area contributed by atoms with Gasteiger partial charge in [-0.3, -0.25) is 15.0 Å². The lowest BCUT2D eigenvalue weighted by atomic mass is 9.88. The number of carbonyl (C=O) groups excluding carboxylic acids is 1. The van der Waals surface area contributed by atoms with Crippen LogP contribution >= 0.6 is 111 Å². The number of nitrogens with one attached hydrogen (secondary N) is 4. The number of carbonyl (C=O) groups is 1. The predicted molar refractivity (Wildman–Crippen MR) is 547 cm³/mol. The lowest BCUT2D eigenvalue weighted by Gasteiger charge is -2.17. The Hall–Kier alpha value is -10.5. The number of aryl methyl sites for hydroxylation is 3. The zero-order chi connectivity index (χ0) is 84.1. The van der Waals surface area contributed by atoms with Crippen LogP contribution in [0.1, 0.15) is 54.9 Å². The second-order valence-corrected chi connectivity index (χ2v) is 32.5. The zero-order valence-corrected chi connectivity index (χ0v) is 75.3. The average molecular weight is 2020 g/mol. The summed E-state index contributed by atoms with van der Waals surface area (Å²) in [6.07, 6.45) is 4.47. The maximum atomic E-state index is 11.1. The molecule has 2 aliphatic rings. The first-order valence-corrected chi connectivity index (χ1v) is 42.7. The summed E-state index contributed by atoms with van der Waals surface area (Å²) < 4.78 is 33.7. The zero-order valence-electron chi connectivity index (χ0n) is 68.1. The Bertz CT molecular complexity index is 6440. The van der Waals surface area contributed by atoms with Crippen molar-refractivity contribution in [1.82, 2.24) is 14.5 Å². The molecule has 21 rings (SSSR count). The number of para-hydroxylation sites is 5. The first-order chi connectivity index (χ1) is 58.8. The Balaban J connectivity index is 0.000000181. The van der Waals surface area contributed by atoms with E-state index in [1.807, 2.05) is 72.8 Å². The predicted octanol–water partition coefficient (Wildman–Crippen LogP) is 32.1. The van der Waals surface area contributed by atoms with Gasteiger partial charge in [0.05, 0.1) is 19.6 Å². The van der Waals surface area contributed by atoms with Gasteiger partial charge in [-0.2, -0.15) is 0 Å². The van der Waals surface area contributed by atoms with E-state index < -0.39 is 7.15 Å². The average Bonchev–Trinajstić information content (AvgIpc) is 1.58. The highest BCUT2D eigenvalue weighted by Gasteiger charge is 2.22. The number of hydrogen-bond acceptors (Lipinski definition) is 5. The number of Topliss-reactive ketones (excluding diaryl/α,β-unsaturated/α-hetero) is 1. The Kier molecular flexibility index (Phi) is 35.5. The summed E-state index contributed by atoms with van der Waals surface area (Å²) in [6.45, 7) is 1.93. The molecule has 121 heavy (non-hydrogen) atoms. The Morgan fingerprint density at radius 3 is 1.42 bits per heavy atom. The number of nitrogens with zero attached hydrogens (tertiary/aromatic N) is 1. The third-order valence-corrected chi connectivity index (χ3v) is 22.7. The van der Waals surface area contributed by atoms with Gasteiger partial charge in [0, 0.05) is 121 Å². The Morgan fingerprint density at radius 2 is 0.876 bits per heavy atom. The number of nitrogen functional groups attached to an aromatic ring is 1. The number of aromatic nitrogens is 3. The SMILES string of the molecule is Brc1ccc2c(c1)CCc1[nH]c3ccccc3c1-2.Brc1ccc2c(ccc3[nH]c4ccccc4c32)c1.Brc1ccc2c(ccc3c2c2ccccc2n3-c2ccccc2)c1.C.C.CCO.Cl.Cl.Ic1ccccc1.NNc1ccccc1.O=C1CCc2cc(Br)ccc2C1.[2H]CF.[2H][2H].c1ccc(-c2ccc(Nc3ccc(-c4ccccc4)cc3)cc2)cc1. The molecule has 3 aromatic heterocycles. The molecule has 16 aromatic carbocycles. The summed E-state index contributed by atoms with van der Waals surface area (Å²) >= 11 is 16.4. The molecule has 0 atom stereocenters. The summed E-state index contributed by atoms with van der Waals surface area (Å²) in [5.74, 6) is 5.47. The standard InChI is InChI=1S/C24H19N.C22H14BrN.C16H12BrN.C16H10BrN.C10H9BrO.C6H5I.C6H8N2.C2H6O.CH3F.2CH4.2ClH.H2/c1-3-7-19(8-4-1)21-11-15-23(16-12-21)25-24-17-13-22(14-18-24)20-9-5-2-6-10-20;23-16-11-12-18-15(14-16)10-13-21-22(18)19-8-4-5-9-20(19)24(21)17-6-2-1-3-7-17;2*17-11-6-7-12-10(9-11)5-8-15-16(12)13-3-1-2-4-14(13)18-15;11-9-3-1-8-6-10(12)4-2-7(8)5-9;7-6-4-2-1-3-5-6;7-8-6-4-2-1-3-5-6;1-2-3;1-2;;;;;/h1-18,25H;1-14H;1-4,6-7,9,18H,5,8H2;1-9,18H;1,3,5H,2,4,6H2;1-5H;1-5,8H,7H2;3H,2H2,1H3;1H3;2*1H4;3*1H/i;;;;;;;;1D;;;;;1+1D. The van der Waals surface area contributed by atoms with Gasteiger partial charge in [0.1, 0.15) is 5.78 Å². The molecular weight excluding hydrogens is 1910 g/mol. The number of aliphatic hydroxyl groups excluding tert-OH is 1. The van der Waals surface area contributed by atoms with E-state index in [0.29, 0.717) is 18.6 Å². The topological polar surface area (TPSA) is 124 Å². The van der Waals surface area contributed by atoms with Crippen molar-refractivity contribution in [2.45, 2.75) is 53.9 Å². The van der Waals surface area contributed by atoms with Crippen molar-refractivity contribution in [1.29, 1.82) is 0 Å². The van der Waals surface area contributed by atoms with Crippen LogP contribution in [0, 0.1) is 3.57 Å². The molecule has 3 heterocycles. The third-order valence-electron chi connectivity index (χ3n) is 20.0. The molecule has 0 unspecified atom stereocenters. The summed E-state index contributed by atoms with van der Waals surface area (Å²) in [5.41, 5.74) is 26.0. The van der Waals surface area contributed by atoms with Crippen molar-refractivity contribution < 1.29 is 18.6 Å². The molecule has 0 bridgehead atoms. The van der Waals surface area contributed by atoms with Gasteiger partial charge in [0.15, 0.2) is 0 Å². The van der Waals surface area contributed by atoms with Gasteiger partial charge < -0.3 is 30.4 Å². The lowest BCUT2D eigenvalue weighted by Crippen LogP contribution is -2.12. The number of aliphatic hydroxyl groups is 1. The summed E-state index contributed by atoms with van der Waals surface area (Å²) in [7, 11) is -1.00. The minimum absolute atomic E-state index is 0. The number of alkyl halides is 1. The molecule has 0 saturated carbocycles. The number of ketones is 1. The smallest absolute Gasteiger partial charge is 0.137 e. The molecule has 0 radical (unpaired) electrons. The van der Waals surface area contributed by atoms with Gasteiger partial charge >= 0.3 is 0 Å². The van der Waals surface area contributed by atoms with Crippen molar-refractivity contribution in [3.63, 3.8) is 0 Å². The van der Waals surface area contributed by atoms with Crippen LogP contribution in [-0.4, -0.2) is 39.2 Å². The molecule has 0 saturated heterocycles. The van der Waals surface area contributed by atoms with Gasteiger partial charge in [0.25, 0.3) is 0 Å². The maximum Gasteiger partial charge on any atom is 0.137 e. The fourth-order valence-electron chi connectivity index (χ4n) is 14.7. The highest BCUT2D eigenvalue weighted by Crippen LogP contribution is 2.42. The molecule has 2 aliphatic carbocycles. The van der Waals surface area contributed by atoms with Gasteiger partial charge in [-0.05, 0) is 254 Å². The molecule has 19 aromatic rings. The van der Waals surface area contributed by atoms with Gasteiger partial charge in [-0.15, -0.1) is 24.8 Å². The van der Waals surface area contributed by atoms with Crippen LogP contribution in [-0.2, 0) is 30.5 Å². The fourth-order valence-corrected chi connectivity index (χ4v) is 16.7. The summed E-state index contributed by atoms with van der Waals surface area (Å²) in [5, 5.41) is 22.7. The number of hydrogen-bond donors (Lipinski definition) is 6. The Morgan fingerprint density at radius 1 is 0.438 bits per heavy atom.